The Morgan fingerprint density at radius 3 is 2.56 bits per heavy atom. The number of benzene rings is 1. The van der Waals surface area contributed by atoms with Crippen LogP contribution in [0.3, 0.4) is 0 Å². The minimum Gasteiger partial charge on any atom is -0.269 e. The van der Waals surface area contributed by atoms with Gasteiger partial charge in [-0.3, -0.25) is 6.08 Å². The summed E-state index contributed by atoms with van der Waals surface area (Å²) in [6.45, 7) is 0. The van der Waals surface area contributed by atoms with Gasteiger partial charge in [-0.1, -0.05) is 36.4 Å². The number of allylic oxidation sites excluding steroid dienone is 5. The average Bonchev–Trinajstić information content (AvgIpc) is 2.98. The first-order valence-corrected chi connectivity index (χ1v) is 6.60. The van der Waals surface area contributed by atoms with Gasteiger partial charge in [-0.15, -0.1) is 29.6 Å². The van der Waals surface area contributed by atoms with Crippen LogP contribution in [0.25, 0.3) is 6.08 Å². The molecule has 1 aromatic rings. The number of hydrogen-bond acceptors (Lipinski definition) is 0. The molecular weight excluding hydrogens is 342 g/mol. The maximum atomic E-state index is 4.76. The van der Waals surface area contributed by atoms with Crippen molar-refractivity contribution in [1.82, 2.24) is 0 Å². The summed E-state index contributed by atoms with van der Waals surface area (Å²) in [6.07, 6.45) is 13.2. The second-order valence-electron chi connectivity index (χ2n) is 3.81. The normalized spacial score (nSPS) is 18.6. The minimum absolute atomic E-state index is 0. The van der Waals surface area contributed by atoms with E-state index in [1.165, 1.54) is 16.7 Å². The summed E-state index contributed by atoms with van der Waals surface area (Å²) in [6, 6.07) is 8.58. The van der Waals surface area contributed by atoms with Gasteiger partial charge in [0, 0.05) is 26.2 Å². The van der Waals surface area contributed by atoms with Crippen molar-refractivity contribution >= 4 is 29.3 Å². The molecule has 0 saturated carbocycles. The van der Waals surface area contributed by atoms with Gasteiger partial charge in [-0.05, 0) is 17.0 Å². The standard InChI is InChI=1S/C14H11.CH2Cl2.Zr/c1-2-6-11(5-1)14-10-9-12-7-3-4-8-13(12)14;2-1-3;/h1,3-5,7-10,14H,2H2;1H2;/q-1;;. The van der Waals surface area contributed by atoms with Crippen LogP contribution in [0.15, 0.2) is 48.1 Å². The van der Waals surface area contributed by atoms with E-state index in [0.29, 0.717) is 5.92 Å². The van der Waals surface area contributed by atoms with E-state index in [-0.39, 0.29) is 31.5 Å². The van der Waals surface area contributed by atoms with E-state index in [1.54, 1.807) is 0 Å². The molecule has 1 aromatic carbocycles. The van der Waals surface area contributed by atoms with E-state index in [1.807, 2.05) is 0 Å². The van der Waals surface area contributed by atoms with E-state index in [4.69, 9.17) is 23.2 Å². The van der Waals surface area contributed by atoms with Crippen LogP contribution >= 0.6 is 23.2 Å². The Morgan fingerprint density at radius 2 is 1.89 bits per heavy atom. The molecule has 18 heavy (non-hydrogen) atoms. The van der Waals surface area contributed by atoms with Crippen LogP contribution in [0, 0.1) is 6.08 Å². The molecule has 1 atom stereocenters. The van der Waals surface area contributed by atoms with Crippen LogP contribution < -0.4 is 0 Å². The largest absolute Gasteiger partial charge is 0.269 e. The van der Waals surface area contributed by atoms with Crippen molar-refractivity contribution in [3.8, 4) is 0 Å². The van der Waals surface area contributed by atoms with Crippen LogP contribution in [0.1, 0.15) is 23.5 Å². The van der Waals surface area contributed by atoms with Gasteiger partial charge in [0.15, 0.2) is 0 Å². The summed E-state index contributed by atoms with van der Waals surface area (Å²) in [5, 5.41) is 0.194. The molecule has 0 bridgehead atoms. The van der Waals surface area contributed by atoms with E-state index >= 15 is 0 Å². The van der Waals surface area contributed by atoms with Gasteiger partial charge >= 0.3 is 0 Å². The number of hydrogen-bond donors (Lipinski definition) is 0. The van der Waals surface area contributed by atoms with Gasteiger partial charge in [0.05, 0.1) is 5.34 Å². The number of alkyl halides is 2. The molecule has 0 fully saturated rings. The molecular formula is C15H13Cl2Zr-. The summed E-state index contributed by atoms with van der Waals surface area (Å²) in [7, 11) is 0. The van der Waals surface area contributed by atoms with Gasteiger partial charge in [-0.2, -0.15) is 6.08 Å². The second-order valence-corrected chi connectivity index (χ2v) is 4.61. The molecule has 0 aliphatic heterocycles. The number of rotatable bonds is 1. The van der Waals surface area contributed by atoms with Crippen molar-refractivity contribution < 1.29 is 26.2 Å². The van der Waals surface area contributed by atoms with E-state index in [0.717, 1.165) is 6.42 Å². The molecule has 0 heterocycles. The van der Waals surface area contributed by atoms with E-state index < -0.39 is 0 Å². The SMILES string of the molecule is ClCCl.[C-]1=C(C2C=Cc3ccccc32)C=CC1.[Zr]. The van der Waals surface area contributed by atoms with E-state index in [9.17, 15) is 0 Å². The maximum Gasteiger partial charge on any atom is 0.0967 e. The molecule has 92 valence electrons. The zero-order chi connectivity index (χ0) is 12.1. The quantitative estimate of drug-likeness (QED) is 0.496. The van der Waals surface area contributed by atoms with Gasteiger partial charge in [-0.25, -0.2) is 11.6 Å². The monoisotopic (exact) mass is 353 g/mol. The molecule has 1 unspecified atom stereocenters. The third kappa shape index (κ3) is 3.70. The summed E-state index contributed by atoms with van der Waals surface area (Å²) >= 11 is 9.53. The molecule has 3 rings (SSSR count). The Hall–Kier alpha value is -0.0969. The van der Waals surface area contributed by atoms with Crippen molar-refractivity contribution in [2.24, 2.45) is 0 Å². The third-order valence-corrected chi connectivity index (χ3v) is 2.86. The van der Waals surface area contributed by atoms with Crippen molar-refractivity contribution in [2.75, 3.05) is 5.34 Å². The molecule has 0 radical (unpaired) electrons. The second kappa shape index (κ2) is 8.15. The molecule has 0 spiro atoms. The maximum absolute atomic E-state index is 4.76. The van der Waals surface area contributed by atoms with Gasteiger partial charge in [0.1, 0.15) is 0 Å². The fourth-order valence-corrected chi connectivity index (χ4v) is 2.16. The summed E-state index contributed by atoms with van der Waals surface area (Å²) in [4.78, 5) is 0. The Morgan fingerprint density at radius 1 is 1.17 bits per heavy atom. The Balaban J connectivity index is 0.000000372. The van der Waals surface area contributed by atoms with Crippen LogP contribution in [-0.4, -0.2) is 5.34 Å². The fraction of sp³-hybridized carbons (Fsp3) is 0.200. The third-order valence-electron chi connectivity index (χ3n) is 2.86. The van der Waals surface area contributed by atoms with Crippen molar-refractivity contribution in [1.29, 1.82) is 0 Å². The first kappa shape index (κ1) is 16.0. The zero-order valence-electron chi connectivity index (χ0n) is 9.87. The number of fused-ring (bicyclic) bond motifs is 1. The first-order chi connectivity index (χ1) is 8.36. The minimum atomic E-state index is 0. The molecule has 2 aliphatic rings. The first-order valence-electron chi connectivity index (χ1n) is 5.53. The number of halogens is 2. The molecule has 3 heteroatoms. The van der Waals surface area contributed by atoms with Crippen molar-refractivity contribution in [3.05, 3.63) is 65.3 Å². The van der Waals surface area contributed by atoms with Crippen molar-refractivity contribution in [2.45, 2.75) is 12.3 Å². The topological polar surface area (TPSA) is 0 Å². The van der Waals surface area contributed by atoms with Gasteiger partial charge < -0.3 is 0 Å². The van der Waals surface area contributed by atoms with E-state index in [2.05, 4.69) is 54.6 Å². The summed E-state index contributed by atoms with van der Waals surface area (Å²) < 4.78 is 0. The predicted octanol–water partition coefficient (Wildman–Crippen LogP) is 4.91. The smallest absolute Gasteiger partial charge is 0.0967 e. The van der Waals surface area contributed by atoms with Gasteiger partial charge in [0.25, 0.3) is 0 Å². The predicted molar refractivity (Wildman–Crippen MR) is 75.3 cm³/mol. The van der Waals surface area contributed by atoms with Crippen molar-refractivity contribution in [3.63, 3.8) is 0 Å². The van der Waals surface area contributed by atoms with Crippen LogP contribution in [-0.2, 0) is 26.2 Å². The molecule has 2 aliphatic carbocycles. The Labute approximate surface area is 137 Å². The average molecular weight is 355 g/mol. The zero-order valence-corrected chi connectivity index (χ0v) is 13.8. The summed E-state index contributed by atoms with van der Waals surface area (Å²) in [5.41, 5.74) is 4.10. The fourth-order valence-electron chi connectivity index (χ4n) is 2.16. The Kier molecular flexibility index (Phi) is 7.23. The van der Waals surface area contributed by atoms with Crippen LogP contribution in [0.4, 0.5) is 0 Å². The van der Waals surface area contributed by atoms with Gasteiger partial charge in [0.2, 0.25) is 0 Å². The molecule has 0 saturated heterocycles. The summed E-state index contributed by atoms with van der Waals surface area (Å²) in [5.74, 6) is 0.449. The molecule has 0 N–H and O–H groups in total. The Bertz CT molecular complexity index is 475. The van der Waals surface area contributed by atoms with Crippen LogP contribution in [0.5, 0.6) is 0 Å². The molecule has 0 aromatic heterocycles. The molecule has 0 nitrogen and oxygen atoms in total. The molecule has 0 amide bonds. The van der Waals surface area contributed by atoms with Crippen LogP contribution in [0.2, 0.25) is 0 Å².